The molecule has 1 aliphatic heterocycles. The zero-order valence-electron chi connectivity index (χ0n) is 11.4. The average molecular weight is 274 g/mol. The van der Waals surface area contributed by atoms with Gasteiger partial charge in [-0.05, 0) is 44.2 Å². The fourth-order valence-corrected chi connectivity index (χ4v) is 4.25. The van der Waals surface area contributed by atoms with Gasteiger partial charge in [0.2, 0.25) is 10.0 Å². The second-order valence-electron chi connectivity index (χ2n) is 5.70. The van der Waals surface area contributed by atoms with Gasteiger partial charge in [-0.1, -0.05) is 19.8 Å². The van der Waals surface area contributed by atoms with Gasteiger partial charge in [0.05, 0.1) is 5.75 Å². The van der Waals surface area contributed by atoms with Crippen molar-refractivity contribution in [2.45, 2.75) is 39.0 Å². The van der Waals surface area contributed by atoms with E-state index in [1.165, 1.54) is 12.8 Å². The standard InChI is InChI=1S/C13H26N2O2S/c1-2-14-11-13-5-8-15(9-6-13)18(16,17)10-7-12-3-4-12/h12-14H,2-11H2,1H3. The maximum Gasteiger partial charge on any atom is 0.214 e. The van der Waals surface area contributed by atoms with Crippen molar-refractivity contribution in [3.05, 3.63) is 0 Å². The van der Waals surface area contributed by atoms with E-state index in [9.17, 15) is 8.42 Å². The number of nitrogens with one attached hydrogen (secondary N) is 1. The summed E-state index contributed by atoms with van der Waals surface area (Å²) in [5, 5.41) is 3.35. The Morgan fingerprint density at radius 2 is 1.78 bits per heavy atom. The van der Waals surface area contributed by atoms with Crippen LogP contribution in [0.5, 0.6) is 0 Å². The Bertz CT molecular complexity index is 344. The topological polar surface area (TPSA) is 49.4 Å². The highest BCUT2D eigenvalue weighted by Crippen LogP contribution is 2.33. The van der Waals surface area contributed by atoms with Crippen molar-refractivity contribution in [3.8, 4) is 0 Å². The van der Waals surface area contributed by atoms with E-state index in [1.54, 1.807) is 4.31 Å². The van der Waals surface area contributed by atoms with Crippen LogP contribution in [-0.2, 0) is 10.0 Å². The van der Waals surface area contributed by atoms with E-state index in [0.717, 1.165) is 45.4 Å². The molecule has 1 saturated heterocycles. The predicted molar refractivity (Wildman–Crippen MR) is 74.0 cm³/mol. The predicted octanol–water partition coefficient (Wildman–Crippen LogP) is 1.44. The monoisotopic (exact) mass is 274 g/mol. The lowest BCUT2D eigenvalue weighted by molar-refractivity contribution is 0.268. The van der Waals surface area contributed by atoms with Crippen molar-refractivity contribution in [2.75, 3.05) is 31.9 Å². The normalized spacial score (nSPS) is 23.4. The molecular weight excluding hydrogens is 248 g/mol. The third-order valence-corrected chi connectivity index (χ3v) is 6.03. The van der Waals surface area contributed by atoms with Gasteiger partial charge in [0.1, 0.15) is 0 Å². The van der Waals surface area contributed by atoms with Crippen LogP contribution < -0.4 is 5.32 Å². The van der Waals surface area contributed by atoms with Gasteiger partial charge >= 0.3 is 0 Å². The van der Waals surface area contributed by atoms with Crippen LogP contribution in [0.2, 0.25) is 0 Å². The first-order valence-electron chi connectivity index (χ1n) is 7.30. The molecule has 0 radical (unpaired) electrons. The fraction of sp³-hybridized carbons (Fsp3) is 1.00. The van der Waals surface area contributed by atoms with Crippen LogP contribution >= 0.6 is 0 Å². The Hall–Kier alpha value is -0.130. The molecule has 5 heteroatoms. The molecule has 18 heavy (non-hydrogen) atoms. The summed E-state index contributed by atoms with van der Waals surface area (Å²) < 4.78 is 26.0. The highest BCUT2D eigenvalue weighted by Gasteiger charge is 2.30. The Labute approximate surface area is 111 Å². The van der Waals surface area contributed by atoms with Gasteiger partial charge in [-0.15, -0.1) is 0 Å². The van der Waals surface area contributed by atoms with Gasteiger partial charge in [0.25, 0.3) is 0 Å². The first-order chi connectivity index (χ1) is 8.62. The Kier molecular flexibility index (Phi) is 5.04. The van der Waals surface area contributed by atoms with Crippen molar-refractivity contribution in [3.63, 3.8) is 0 Å². The quantitative estimate of drug-likeness (QED) is 0.764. The second-order valence-corrected chi connectivity index (χ2v) is 7.79. The Morgan fingerprint density at radius 3 is 2.33 bits per heavy atom. The van der Waals surface area contributed by atoms with Crippen LogP contribution in [0.25, 0.3) is 0 Å². The van der Waals surface area contributed by atoms with Crippen molar-refractivity contribution < 1.29 is 8.42 Å². The van der Waals surface area contributed by atoms with E-state index < -0.39 is 10.0 Å². The molecule has 0 aromatic rings. The maximum absolute atomic E-state index is 12.1. The third kappa shape index (κ3) is 4.21. The number of nitrogens with zero attached hydrogens (tertiary/aromatic N) is 1. The molecule has 0 unspecified atom stereocenters. The number of rotatable bonds is 7. The zero-order chi connectivity index (χ0) is 13.0. The summed E-state index contributed by atoms with van der Waals surface area (Å²) in [6.07, 6.45) is 5.37. The number of piperidine rings is 1. The van der Waals surface area contributed by atoms with Crippen LogP contribution in [-0.4, -0.2) is 44.7 Å². The summed E-state index contributed by atoms with van der Waals surface area (Å²) in [4.78, 5) is 0. The minimum absolute atomic E-state index is 0.371. The molecule has 0 bridgehead atoms. The number of sulfonamides is 1. The summed E-state index contributed by atoms with van der Waals surface area (Å²) >= 11 is 0. The van der Waals surface area contributed by atoms with E-state index in [0.29, 0.717) is 17.6 Å². The van der Waals surface area contributed by atoms with Gasteiger partial charge in [0, 0.05) is 13.1 Å². The molecule has 4 nitrogen and oxygen atoms in total. The molecule has 0 aromatic carbocycles. The SMILES string of the molecule is CCNCC1CCN(S(=O)(=O)CCC2CC2)CC1. The first-order valence-corrected chi connectivity index (χ1v) is 8.91. The van der Waals surface area contributed by atoms with Crippen LogP contribution in [0.15, 0.2) is 0 Å². The van der Waals surface area contributed by atoms with Gasteiger partial charge in [-0.2, -0.15) is 0 Å². The van der Waals surface area contributed by atoms with Crippen LogP contribution in [0.4, 0.5) is 0 Å². The molecule has 0 amide bonds. The van der Waals surface area contributed by atoms with E-state index in [2.05, 4.69) is 12.2 Å². The van der Waals surface area contributed by atoms with E-state index in [4.69, 9.17) is 0 Å². The third-order valence-electron chi connectivity index (χ3n) is 4.13. The van der Waals surface area contributed by atoms with Crippen molar-refractivity contribution in [1.82, 2.24) is 9.62 Å². The Balaban J connectivity index is 1.73. The van der Waals surface area contributed by atoms with E-state index in [-0.39, 0.29) is 0 Å². The molecule has 1 N–H and O–H groups in total. The average Bonchev–Trinajstić information content (AvgIpc) is 3.19. The summed E-state index contributed by atoms with van der Waals surface area (Å²) in [6, 6.07) is 0. The van der Waals surface area contributed by atoms with Crippen molar-refractivity contribution in [2.24, 2.45) is 11.8 Å². The number of hydrogen-bond donors (Lipinski definition) is 1. The minimum Gasteiger partial charge on any atom is -0.317 e. The molecule has 0 atom stereocenters. The molecule has 2 aliphatic rings. The molecule has 1 aliphatic carbocycles. The lowest BCUT2D eigenvalue weighted by Gasteiger charge is -2.31. The molecule has 1 heterocycles. The highest BCUT2D eigenvalue weighted by molar-refractivity contribution is 7.89. The van der Waals surface area contributed by atoms with Crippen molar-refractivity contribution in [1.29, 1.82) is 0 Å². The van der Waals surface area contributed by atoms with Crippen LogP contribution in [0.3, 0.4) is 0 Å². The van der Waals surface area contributed by atoms with Gasteiger partial charge < -0.3 is 5.32 Å². The first kappa shape index (κ1) is 14.3. The van der Waals surface area contributed by atoms with Gasteiger partial charge in [-0.3, -0.25) is 0 Å². The molecule has 0 spiro atoms. The lowest BCUT2D eigenvalue weighted by Crippen LogP contribution is -2.41. The number of hydrogen-bond acceptors (Lipinski definition) is 3. The smallest absolute Gasteiger partial charge is 0.214 e. The largest absolute Gasteiger partial charge is 0.317 e. The van der Waals surface area contributed by atoms with Crippen molar-refractivity contribution >= 4 is 10.0 Å². The molecule has 2 fully saturated rings. The molecular formula is C13H26N2O2S. The molecule has 0 aromatic heterocycles. The summed E-state index contributed by atoms with van der Waals surface area (Å²) in [5.41, 5.74) is 0. The van der Waals surface area contributed by atoms with E-state index in [1.807, 2.05) is 0 Å². The fourth-order valence-electron chi connectivity index (χ4n) is 2.59. The van der Waals surface area contributed by atoms with Gasteiger partial charge in [0.15, 0.2) is 0 Å². The van der Waals surface area contributed by atoms with E-state index >= 15 is 0 Å². The zero-order valence-corrected chi connectivity index (χ0v) is 12.2. The molecule has 1 saturated carbocycles. The van der Waals surface area contributed by atoms with Crippen LogP contribution in [0.1, 0.15) is 39.0 Å². The maximum atomic E-state index is 12.1. The second kappa shape index (κ2) is 6.35. The summed E-state index contributed by atoms with van der Waals surface area (Å²) in [5.74, 6) is 1.72. The minimum atomic E-state index is -2.97. The molecule has 2 rings (SSSR count). The summed E-state index contributed by atoms with van der Waals surface area (Å²) in [7, 11) is -2.97. The Morgan fingerprint density at radius 1 is 1.11 bits per heavy atom. The van der Waals surface area contributed by atoms with Gasteiger partial charge in [-0.25, -0.2) is 12.7 Å². The highest BCUT2D eigenvalue weighted by atomic mass is 32.2. The van der Waals surface area contributed by atoms with Crippen LogP contribution in [0, 0.1) is 11.8 Å². The lowest BCUT2D eigenvalue weighted by atomic mass is 9.98. The summed E-state index contributed by atoms with van der Waals surface area (Å²) in [6.45, 7) is 5.59. The molecule has 106 valence electrons.